The summed E-state index contributed by atoms with van der Waals surface area (Å²) < 4.78 is 7.03. The number of hydrogen-bond donors (Lipinski definition) is 3. The number of rotatable bonds is 6. The molecule has 0 bridgehead atoms. The van der Waals surface area contributed by atoms with Crippen LogP contribution in [0, 0.1) is 5.41 Å². The number of hydrogen-bond acceptors (Lipinski definition) is 5. The molecule has 0 spiro atoms. The summed E-state index contributed by atoms with van der Waals surface area (Å²) in [6.45, 7) is 4.42. The Labute approximate surface area is 100.0 Å². The van der Waals surface area contributed by atoms with E-state index in [2.05, 4.69) is 9.98 Å². The van der Waals surface area contributed by atoms with Gasteiger partial charge < -0.3 is 20.8 Å². The Bertz CT molecular complexity index is 411. The van der Waals surface area contributed by atoms with E-state index in [1.54, 1.807) is 24.0 Å². The van der Waals surface area contributed by atoms with Crippen molar-refractivity contribution in [1.29, 1.82) is 5.41 Å². The molecule has 0 aliphatic heterocycles. The van der Waals surface area contributed by atoms with Gasteiger partial charge in [-0.25, -0.2) is 9.98 Å². The first-order valence-electron chi connectivity index (χ1n) is 5.30. The van der Waals surface area contributed by atoms with Gasteiger partial charge in [-0.2, -0.15) is 0 Å². The highest BCUT2D eigenvalue weighted by atomic mass is 16.5. The van der Waals surface area contributed by atoms with Crippen LogP contribution in [0.4, 0.5) is 5.82 Å². The molecule has 1 unspecified atom stereocenters. The Kier molecular flexibility index (Phi) is 4.80. The van der Waals surface area contributed by atoms with Gasteiger partial charge in [0.25, 0.3) is 0 Å². The maximum Gasteiger partial charge on any atom is 0.163 e. The summed E-state index contributed by atoms with van der Waals surface area (Å²) in [4.78, 5) is 8.23. The number of imidazole rings is 1. The average molecular weight is 238 g/mol. The number of ether oxygens (including phenoxy) is 1. The fourth-order valence-corrected chi connectivity index (χ4v) is 1.45. The van der Waals surface area contributed by atoms with Crippen molar-refractivity contribution in [3.8, 4) is 0 Å². The highest BCUT2D eigenvalue weighted by Crippen LogP contribution is 2.18. The number of nitrogens with zero attached hydrogens (tertiary/aromatic N) is 3. The third kappa shape index (κ3) is 3.36. The van der Waals surface area contributed by atoms with Gasteiger partial charge in [0.1, 0.15) is 11.5 Å². The van der Waals surface area contributed by atoms with E-state index in [-0.39, 0.29) is 18.7 Å². The second-order valence-electron chi connectivity index (χ2n) is 3.51. The number of aliphatic imine (C=N–C) groups is 1. The molecule has 0 saturated heterocycles. The zero-order chi connectivity index (χ0) is 12.8. The van der Waals surface area contributed by atoms with Gasteiger partial charge in [-0.1, -0.05) is 0 Å². The van der Waals surface area contributed by atoms with Crippen molar-refractivity contribution >= 4 is 17.9 Å². The van der Waals surface area contributed by atoms with E-state index in [1.165, 1.54) is 0 Å². The zero-order valence-corrected chi connectivity index (χ0v) is 10.1. The van der Waals surface area contributed by atoms with Crippen LogP contribution in [0.15, 0.2) is 11.3 Å². The monoisotopic (exact) mass is 238 g/mol. The van der Waals surface area contributed by atoms with Crippen molar-refractivity contribution in [2.24, 2.45) is 16.5 Å². The van der Waals surface area contributed by atoms with Gasteiger partial charge in [-0.05, 0) is 13.8 Å². The van der Waals surface area contributed by atoms with E-state index in [1.807, 2.05) is 6.92 Å². The lowest BCUT2D eigenvalue weighted by atomic mass is 10.3. The molecule has 0 radical (unpaired) electrons. The van der Waals surface area contributed by atoms with Crippen LogP contribution in [0.3, 0.4) is 0 Å². The van der Waals surface area contributed by atoms with E-state index < -0.39 is 0 Å². The van der Waals surface area contributed by atoms with E-state index in [9.17, 15) is 0 Å². The van der Waals surface area contributed by atoms with Crippen LogP contribution >= 0.6 is 0 Å². The Morgan fingerprint density at radius 1 is 1.76 bits per heavy atom. The van der Waals surface area contributed by atoms with Gasteiger partial charge in [-0.3, -0.25) is 5.41 Å². The molecular weight excluding hydrogens is 220 g/mol. The molecule has 7 nitrogen and oxygen atoms in total. The molecule has 7 heteroatoms. The summed E-state index contributed by atoms with van der Waals surface area (Å²) >= 11 is 0. The van der Waals surface area contributed by atoms with Crippen molar-refractivity contribution in [3.05, 3.63) is 12.0 Å². The maximum absolute atomic E-state index is 7.41. The molecule has 0 amide bonds. The van der Waals surface area contributed by atoms with Crippen LogP contribution in [0.1, 0.15) is 19.5 Å². The number of nitrogens with one attached hydrogen (secondary N) is 1. The Hall–Kier alpha value is -1.73. The molecule has 5 N–H and O–H groups in total. The fourth-order valence-electron chi connectivity index (χ4n) is 1.45. The molecule has 17 heavy (non-hydrogen) atoms. The number of aromatic nitrogens is 2. The van der Waals surface area contributed by atoms with Crippen LogP contribution in [-0.4, -0.2) is 34.4 Å². The first kappa shape index (κ1) is 13.3. The van der Waals surface area contributed by atoms with E-state index >= 15 is 0 Å². The van der Waals surface area contributed by atoms with Crippen LogP contribution in [0.25, 0.3) is 0 Å². The predicted molar refractivity (Wildman–Crippen MR) is 66.7 cm³/mol. The van der Waals surface area contributed by atoms with Gasteiger partial charge in [-0.15, -0.1) is 0 Å². The van der Waals surface area contributed by atoms with Crippen LogP contribution < -0.4 is 11.5 Å². The molecule has 94 valence electrons. The summed E-state index contributed by atoms with van der Waals surface area (Å²) in [5.41, 5.74) is 11.1. The third-order valence-electron chi connectivity index (χ3n) is 2.15. The largest absolute Gasteiger partial charge is 0.382 e. The van der Waals surface area contributed by atoms with Crippen LogP contribution in [0.2, 0.25) is 0 Å². The Balaban J connectivity index is 2.95. The zero-order valence-electron chi connectivity index (χ0n) is 10.1. The maximum atomic E-state index is 7.41. The van der Waals surface area contributed by atoms with Crippen LogP contribution in [-0.2, 0) is 11.3 Å². The summed E-state index contributed by atoms with van der Waals surface area (Å²) in [5.74, 6) is 0.462. The number of nitrogens with two attached hydrogens (primary N) is 2. The first-order valence-corrected chi connectivity index (χ1v) is 5.30. The normalized spacial score (nSPS) is 13.1. The lowest BCUT2D eigenvalue weighted by molar-refractivity contribution is 0.0593. The van der Waals surface area contributed by atoms with Gasteiger partial charge in [0, 0.05) is 6.21 Å². The summed E-state index contributed by atoms with van der Waals surface area (Å²) in [6.07, 6.45) is 3.17. The second-order valence-corrected chi connectivity index (χ2v) is 3.51. The van der Waals surface area contributed by atoms with E-state index in [4.69, 9.17) is 21.6 Å². The molecule has 0 saturated carbocycles. The second kappa shape index (κ2) is 6.12. The molecule has 0 aliphatic carbocycles. The van der Waals surface area contributed by atoms with E-state index in [0.29, 0.717) is 18.1 Å². The topological polar surface area (TPSA) is 115 Å². The average Bonchev–Trinajstić information content (AvgIpc) is 2.63. The van der Waals surface area contributed by atoms with Crippen LogP contribution in [0.5, 0.6) is 0 Å². The van der Waals surface area contributed by atoms with Crippen molar-refractivity contribution in [1.82, 2.24) is 9.55 Å². The standard InChI is InChI=1S/C10H18N6O/c1-3-14-10-8(9(12)13)15-6-16(10)4-7(2)17-5-11/h3,6-7H,4-5,11H2,1-2H3,(H3,12,13)/b14-3+. The Morgan fingerprint density at radius 2 is 2.47 bits per heavy atom. The van der Waals surface area contributed by atoms with Gasteiger partial charge in [0.05, 0.1) is 25.7 Å². The Morgan fingerprint density at radius 3 is 3.00 bits per heavy atom. The fraction of sp³-hybridized carbons (Fsp3) is 0.500. The van der Waals surface area contributed by atoms with Crippen molar-refractivity contribution in [3.63, 3.8) is 0 Å². The van der Waals surface area contributed by atoms with Gasteiger partial charge in [0.2, 0.25) is 0 Å². The van der Waals surface area contributed by atoms with Gasteiger partial charge in [0.15, 0.2) is 5.82 Å². The molecule has 1 aromatic heterocycles. The summed E-state index contributed by atoms with van der Waals surface area (Å²) in [6, 6.07) is 0. The third-order valence-corrected chi connectivity index (χ3v) is 2.15. The summed E-state index contributed by atoms with van der Waals surface area (Å²) in [7, 11) is 0. The first-order chi connectivity index (χ1) is 8.10. The minimum Gasteiger partial charge on any atom is -0.382 e. The van der Waals surface area contributed by atoms with Crippen molar-refractivity contribution < 1.29 is 4.74 Å². The molecule has 0 fully saturated rings. The van der Waals surface area contributed by atoms with Gasteiger partial charge >= 0.3 is 0 Å². The lowest BCUT2D eigenvalue weighted by Gasteiger charge is -2.13. The SMILES string of the molecule is C/C=N/c1c(C(=N)N)ncn1CC(C)OCN. The lowest BCUT2D eigenvalue weighted by Crippen LogP contribution is -2.20. The molecule has 1 aromatic rings. The molecule has 0 aliphatic rings. The molecule has 1 rings (SSSR count). The molecule has 0 aromatic carbocycles. The predicted octanol–water partition coefficient (Wildman–Crippen LogP) is 0.211. The van der Waals surface area contributed by atoms with Crippen molar-refractivity contribution in [2.75, 3.05) is 6.73 Å². The smallest absolute Gasteiger partial charge is 0.163 e. The molecule has 1 atom stereocenters. The number of amidine groups is 1. The summed E-state index contributed by atoms with van der Waals surface area (Å²) in [5, 5.41) is 7.41. The van der Waals surface area contributed by atoms with Crippen molar-refractivity contribution in [2.45, 2.75) is 26.5 Å². The molecule has 1 heterocycles. The molecular formula is C10H18N6O. The minimum absolute atomic E-state index is 0.0557. The highest BCUT2D eigenvalue weighted by molar-refractivity contribution is 5.97. The number of nitrogen functional groups attached to an aromatic ring is 1. The minimum atomic E-state index is -0.100. The highest BCUT2D eigenvalue weighted by Gasteiger charge is 2.14. The quantitative estimate of drug-likeness (QED) is 0.373. The van der Waals surface area contributed by atoms with E-state index in [0.717, 1.165) is 0 Å².